The topological polar surface area (TPSA) is 84.8 Å². The fourth-order valence-electron chi connectivity index (χ4n) is 2.78. The minimum atomic E-state index is -0.426. The Morgan fingerprint density at radius 3 is 2.81 bits per heavy atom. The van der Waals surface area contributed by atoms with Crippen LogP contribution in [-0.4, -0.2) is 14.5 Å². The fourth-order valence-corrected chi connectivity index (χ4v) is 3.71. The van der Waals surface area contributed by atoms with Crippen LogP contribution < -0.4 is 0 Å². The summed E-state index contributed by atoms with van der Waals surface area (Å²) in [7, 11) is 0. The van der Waals surface area contributed by atoms with Gasteiger partial charge < -0.3 is 4.57 Å². The van der Waals surface area contributed by atoms with Crippen molar-refractivity contribution in [1.82, 2.24) is 9.55 Å². The number of hydrogen-bond acceptors (Lipinski definition) is 5. The number of rotatable bonds is 4. The maximum absolute atomic E-state index is 11.0. The SMILES string of the molecule is N#C/C(=C\c1cccn1-c1cccc([N+](=O)[O-])c1)c1nc2ccccc2s1. The molecular weight excluding hydrogens is 360 g/mol. The number of hydrogen-bond donors (Lipinski definition) is 0. The van der Waals surface area contributed by atoms with Crippen LogP contribution in [0.25, 0.3) is 27.6 Å². The molecule has 0 radical (unpaired) electrons. The molecule has 27 heavy (non-hydrogen) atoms. The Labute approximate surface area is 158 Å². The molecule has 4 rings (SSSR count). The van der Waals surface area contributed by atoms with Gasteiger partial charge in [-0.1, -0.05) is 18.2 Å². The van der Waals surface area contributed by atoms with E-state index < -0.39 is 4.92 Å². The van der Waals surface area contributed by atoms with Gasteiger partial charge in [-0.25, -0.2) is 4.98 Å². The van der Waals surface area contributed by atoms with Crippen LogP contribution in [0.2, 0.25) is 0 Å². The van der Waals surface area contributed by atoms with Gasteiger partial charge in [0, 0.05) is 24.0 Å². The van der Waals surface area contributed by atoms with Crippen LogP contribution >= 0.6 is 11.3 Å². The van der Waals surface area contributed by atoms with E-state index in [1.165, 1.54) is 23.5 Å². The number of nitro benzene ring substituents is 1. The Bertz CT molecular complexity index is 1200. The molecule has 2 aromatic carbocycles. The van der Waals surface area contributed by atoms with Crippen molar-refractivity contribution in [3.63, 3.8) is 0 Å². The minimum absolute atomic E-state index is 0.0165. The molecule has 0 atom stereocenters. The number of para-hydroxylation sites is 1. The third kappa shape index (κ3) is 3.21. The summed E-state index contributed by atoms with van der Waals surface area (Å²) in [6.45, 7) is 0. The highest BCUT2D eigenvalue weighted by Gasteiger charge is 2.12. The molecular formula is C20H12N4O2S. The van der Waals surface area contributed by atoms with Gasteiger partial charge in [0.1, 0.15) is 11.1 Å². The van der Waals surface area contributed by atoms with E-state index >= 15 is 0 Å². The van der Waals surface area contributed by atoms with E-state index in [4.69, 9.17) is 0 Å². The van der Waals surface area contributed by atoms with Crippen LogP contribution in [0.15, 0.2) is 66.9 Å². The lowest BCUT2D eigenvalue weighted by atomic mass is 10.2. The molecule has 0 bridgehead atoms. The van der Waals surface area contributed by atoms with Crippen LogP contribution in [0, 0.1) is 21.4 Å². The standard InChI is InChI=1S/C20H12N4O2S/c21-13-14(20-22-18-8-1-2-9-19(18)27-20)11-15-7-4-10-23(15)16-5-3-6-17(12-16)24(25)26/h1-12H/b14-11+. The Hall–Kier alpha value is -3.76. The van der Waals surface area contributed by atoms with Crippen LogP contribution in [0.1, 0.15) is 10.7 Å². The number of non-ortho nitro benzene ring substituents is 1. The summed E-state index contributed by atoms with van der Waals surface area (Å²) in [6, 6.07) is 20.0. The summed E-state index contributed by atoms with van der Waals surface area (Å²) in [5.41, 5.74) is 2.71. The lowest BCUT2D eigenvalue weighted by Crippen LogP contribution is -1.97. The normalized spacial score (nSPS) is 11.4. The number of aromatic nitrogens is 2. The molecule has 0 N–H and O–H groups in total. The first-order valence-corrected chi connectivity index (χ1v) is 8.87. The van der Waals surface area contributed by atoms with Gasteiger partial charge in [0.2, 0.25) is 0 Å². The van der Waals surface area contributed by atoms with Gasteiger partial charge in [0.25, 0.3) is 5.69 Å². The van der Waals surface area contributed by atoms with Crippen molar-refractivity contribution < 1.29 is 4.92 Å². The van der Waals surface area contributed by atoms with Crippen molar-refractivity contribution in [2.75, 3.05) is 0 Å². The van der Waals surface area contributed by atoms with Gasteiger partial charge in [-0.05, 0) is 36.4 Å². The predicted octanol–water partition coefficient (Wildman–Crippen LogP) is 5.06. The molecule has 0 saturated carbocycles. The summed E-state index contributed by atoms with van der Waals surface area (Å²) in [5.74, 6) is 0. The molecule has 0 aliphatic rings. The van der Waals surface area contributed by atoms with E-state index in [0.717, 1.165) is 15.9 Å². The van der Waals surface area contributed by atoms with Crippen molar-refractivity contribution in [3.05, 3.63) is 87.7 Å². The third-order valence-corrected chi connectivity index (χ3v) is 5.11. The summed E-state index contributed by atoms with van der Waals surface area (Å²) in [4.78, 5) is 15.1. The van der Waals surface area contributed by atoms with Crippen molar-refractivity contribution in [1.29, 1.82) is 5.26 Å². The zero-order chi connectivity index (χ0) is 18.8. The summed E-state index contributed by atoms with van der Waals surface area (Å²) < 4.78 is 2.82. The molecule has 0 amide bonds. The second kappa shape index (κ2) is 6.86. The zero-order valence-corrected chi connectivity index (χ0v) is 14.8. The van der Waals surface area contributed by atoms with Crippen molar-refractivity contribution in [2.24, 2.45) is 0 Å². The maximum Gasteiger partial charge on any atom is 0.271 e. The highest BCUT2D eigenvalue weighted by molar-refractivity contribution is 7.19. The van der Waals surface area contributed by atoms with Gasteiger partial charge >= 0.3 is 0 Å². The van der Waals surface area contributed by atoms with E-state index in [0.29, 0.717) is 16.3 Å². The molecule has 0 saturated heterocycles. The molecule has 2 heterocycles. The Morgan fingerprint density at radius 1 is 1.19 bits per heavy atom. The minimum Gasteiger partial charge on any atom is -0.317 e. The van der Waals surface area contributed by atoms with Gasteiger partial charge in [-0.3, -0.25) is 10.1 Å². The first-order valence-electron chi connectivity index (χ1n) is 8.05. The number of nitriles is 1. The number of benzene rings is 2. The van der Waals surface area contributed by atoms with Gasteiger partial charge in [-0.15, -0.1) is 11.3 Å². The molecule has 6 nitrogen and oxygen atoms in total. The van der Waals surface area contributed by atoms with E-state index in [-0.39, 0.29) is 5.69 Å². The van der Waals surface area contributed by atoms with E-state index in [9.17, 15) is 15.4 Å². The average Bonchev–Trinajstić information content (AvgIpc) is 3.32. The molecule has 0 aliphatic carbocycles. The largest absolute Gasteiger partial charge is 0.317 e. The molecule has 0 spiro atoms. The first kappa shape index (κ1) is 16.7. The average molecular weight is 372 g/mol. The number of thiazole rings is 1. The molecule has 0 aliphatic heterocycles. The van der Waals surface area contributed by atoms with E-state index in [1.807, 2.05) is 36.4 Å². The van der Waals surface area contributed by atoms with Crippen LogP contribution in [0.4, 0.5) is 5.69 Å². The molecule has 7 heteroatoms. The second-order valence-electron chi connectivity index (χ2n) is 5.74. The molecule has 0 fully saturated rings. The Morgan fingerprint density at radius 2 is 2.04 bits per heavy atom. The van der Waals surface area contributed by atoms with Crippen LogP contribution in [-0.2, 0) is 0 Å². The molecule has 2 aromatic heterocycles. The number of fused-ring (bicyclic) bond motifs is 1. The molecule has 0 unspecified atom stereocenters. The zero-order valence-electron chi connectivity index (χ0n) is 13.9. The highest BCUT2D eigenvalue weighted by atomic mass is 32.1. The lowest BCUT2D eigenvalue weighted by molar-refractivity contribution is -0.384. The Balaban J connectivity index is 1.78. The van der Waals surface area contributed by atoms with Crippen LogP contribution in [0.5, 0.6) is 0 Å². The van der Waals surface area contributed by atoms with Crippen molar-refractivity contribution in [3.8, 4) is 11.8 Å². The van der Waals surface area contributed by atoms with E-state index in [2.05, 4.69) is 11.1 Å². The smallest absolute Gasteiger partial charge is 0.271 e. The van der Waals surface area contributed by atoms with Gasteiger partial charge in [0.05, 0.1) is 26.4 Å². The highest BCUT2D eigenvalue weighted by Crippen LogP contribution is 2.28. The quantitative estimate of drug-likeness (QED) is 0.285. The number of nitrogens with zero attached hydrogens (tertiary/aromatic N) is 4. The third-order valence-electron chi connectivity index (χ3n) is 4.04. The summed E-state index contributed by atoms with van der Waals surface area (Å²) >= 11 is 1.46. The maximum atomic E-state index is 11.0. The summed E-state index contributed by atoms with van der Waals surface area (Å²) in [6.07, 6.45) is 3.55. The van der Waals surface area contributed by atoms with Gasteiger partial charge in [-0.2, -0.15) is 5.26 Å². The van der Waals surface area contributed by atoms with Crippen LogP contribution in [0.3, 0.4) is 0 Å². The molecule has 4 aromatic rings. The second-order valence-corrected chi connectivity index (χ2v) is 6.77. The monoisotopic (exact) mass is 372 g/mol. The lowest BCUT2D eigenvalue weighted by Gasteiger charge is -2.06. The van der Waals surface area contributed by atoms with E-state index in [1.54, 1.807) is 29.0 Å². The Kier molecular flexibility index (Phi) is 4.24. The summed E-state index contributed by atoms with van der Waals surface area (Å²) in [5, 5.41) is 21.3. The van der Waals surface area contributed by atoms with Gasteiger partial charge in [0.15, 0.2) is 0 Å². The number of nitro groups is 1. The van der Waals surface area contributed by atoms with Crippen molar-refractivity contribution >= 4 is 38.9 Å². The molecule has 130 valence electrons. The predicted molar refractivity (Wildman–Crippen MR) is 106 cm³/mol. The fraction of sp³-hybridized carbons (Fsp3) is 0. The first-order chi connectivity index (χ1) is 13.2. The van der Waals surface area contributed by atoms with Crippen molar-refractivity contribution in [2.45, 2.75) is 0 Å². The number of allylic oxidation sites excluding steroid dienone is 1.